The highest BCUT2D eigenvalue weighted by atomic mass is 19.1. The van der Waals surface area contributed by atoms with E-state index >= 15 is 0 Å². The van der Waals surface area contributed by atoms with Crippen LogP contribution in [0, 0.1) is 11.7 Å². The number of aliphatic hydroxyl groups is 1. The first-order valence-corrected chi connectivity index (χ1v) is 5.33. The van der Waals surface area contributed by atoms with Crippen LogP contribution in [-0.4, -0.2) is 24.4 Å². The van der Waals surface area contributed by atoms with Crippen LogP contribution >= 0.6 is 0 Å². The van der Waals surface area contributed by atoms with E-state index < -0.39 is 11.6 Å². The maximum absolute atomic E-state index is 13.7. The van der Waals surface area contributed by atoms with Gasteiger partial charge in [0, 0.05) is 17.0 Å². The second kappa shape index (κ2) is 4.13. The third kappa shape index (κ3) is 1.84. The van der Waals surface area contributed by atoms with Gasteiger partial charge in [0.05, 0.1) is 19.3 Å². The monoisotopic (exact) mass is 225 g/mol. The second-order valence-corrected chi connectivity index (χ2v) is 4.47. The minimum atomic E-state index is -0.915. The van der Waals surface area contributed by atoms with Crippen molar-refractivity contribution in [1.29, 1.82) is 0 Å². The highest BCUT2D eigenvalue weighted by Gasteiger charge is 2.41. The topological polar surface area (TPSA) is 55.5 Å². The van der Waals surface area contributed by atoms with Gasteiger partial charge in [-0.1, -0.05) is 18.2 Å². The first-order chi connectivity index (χ1) is 7.53. The minimum absolute atomic E-state index is 0.270. The lowest BCUT2D eigenvalue weighted by Gasteiger charge is -2.33. The predicted octanol–water partition coefficient (Wildman–Crippen LogP) is 1.01. The first kappa shape index (κ1) is 11.5. The Morgan fingerprint density at radius 2 is 2.12 bits per heavy atom. The van der Waals surface area contributed by atoms with Crippen molar-refractivity contribution in [2.75, 3.05) is 13.2 Å². The number of rotatable bonds is 2. The number of hydrogen-bond acceptors (Lipinski definition) is 3. The molecule has 16 heavy (non-hydrogen) atoms. The maximum Gasteiger partial charge on any atom is 0.128 e. The van der Waals surface area contributed by atoms with E-state index in [9.17, 15) is 9.50 Å². The lowest BCUT2D eigenvalue weighted by atomic mass is 9.78. The molecule has 0 amide bonds. The molecule has 2 rings (SSSR count). The van der Waals surface area contributed by atoms with Crippen molar-refractivity contribution < 1.29 is 14.2 Å². The predicted molar refractivity (Wildman–Crippen MR) is 58.3 cm³/mol. The fourth-order valence-corrected chi connectivity index (χ4v) is 2.21. The van der Waals surface area contributed by atoms with Crippen LogP contribution in [0.5, 0.6) is 0 Å². The van der Waals surface area contributed by atoms with E-state index in [1.807, 2.05) is 0 Å². The summed E-state index contributed by atoms with van der Waals surface area (Å²) in [6.07, 6.45) is -0.630. The zero-order chi connectivity index (χ0) is 11.8. The lowest BCUT2D eigenvalue weighted by Crippen LogP contribution is -2.46. The van der Waals surface area contributed by atoms with Crippen molar-refractivity contribution in [3.05, 3.63) is 35.6 Å². The van der Waals surface area contributed by atoms with Gasteiger partial charge in [-0.3, -0.25) is 0 Å². The summed E-state index contributed by atoms with van der Waals surface area (Å²) in [7, 11) is 0. The number of halogens is 1. The fraction of sp³-hybridized carbons (Fsp3) is 0.500. The van der Waals surface area contributed by atoms with Gasteiger partial charge in [-0.25, -0.2) is 4.39 Å². The summed E-state index contributed by atoms with van der Waals surface area (Å²) in [6, 6.07) is 6.39. The molecule has 4 heteroatoms. The van der Waals surface area contributed by atoms with Crippen molar-refractivity contribution in [2.24, 2.45) is 11.7 Å². The van der Waals surface area contributed by atoms with Gasteiger partial charge >= 0.3 is 0 Å². The van der Waals surface area contributed by atoms with E-state index in [0.29, 0.717) is 12.2 Å². The molecule has 0 bridgehead atoms. The van der Waals surface area contributed by atoms with Crippen LogP contribution in [0.1, 0.15) is 12.5 Å². The molecule has 1 aliphatic heterocycles. The van der Waals surface area contributed by atoms with Crippen molar-refractivity contribution >= 4 is 0 Å². The average Bonchev–Trinajstić information content (AvgIpc) is 2.65. The van der Waals surface area contributed by atoms with Crippen LogP contribution < -0.4 is 5.73 Å². The van der Waals surface area contributed by atoms with E-state index in [0.717, 1.165) is 0 Å². The largest absolute Gasteiger partial charge is 0.390 e. The molecule has 1 saturated heterocycles. The highest BCUT2D eigenvalue weighted by molar-refractivity contribution is 5.26. The summed E-state index contributed by atoms with van der Waals surface area (Å²) < 4.78 is 18.8. The van der Waals surface area contributed by atoms with Gasteiger partial charge in [-0.05, 0) is 13.0 Å². The minimum Gasteiger partial charge on any atom is -0.390 e. The maximum atomic E-state index is 13.7. The molecule has 1 aromatic rings. The Balaban J connectivity index is 2.34. The standard InChI is InChI=1S/C12H16FNO2/c1-12(14,9-6-16-7-11(9)15)8-4-2-3-5-10(8)13/h2-5,9,11,15H,6-7,14H2,1H3. The van der Waals surface area contributed by atoms with Crippen molar-refractivity contribution in [3.8, 4) is 0 Å². The summed E-state index contributed by atoms with van der Waals surface area (Å²) in [5.41, 5.74) is 5.66. The van der Waals surface area contributed by atoms with Crippen LogP contribution in [0.2, 0.25) is 0 Å². The number of hydrogen-bond donors (Lipinski definition) is 2. The number of nitrogens with two attached hydrogens (primary N) is 1. The zero-order valence-corrected chi connectivity index (χ0v) is 9.19. The number of aliphatic hydroxyl groups excluding tert-OH is 1. The summed E-state index contributed by atoms with van der Waals surface area (Å²) in [4.78, 5) is 0. The van der Waals surface area contributed by atoms with Crippen LogP contribution in [-0.2, 0) is 10.3 Å². The summed E-state index contributed by atoms with van der Waals surface area (Å²) in [5, 5.41) is 9.75. The quantitative estimate of drug-likeness (QED) is 0.789. The Hall–Kier alpha value is -0.970. The summed E-state index contributed by atoms with van der Waals surface area (Å²) in [6.45, 7) is 2.36. The number of ether oxygens (including phenoxy) is 1. The SMILES string of the molecule is CC(N)(c1ccccc1F)C1COCC1O. The molecule has 0 aromatic heterocycles. The van der Waals surface area contributed by atoms with E-state index in [2.05, 4.69) is 0 Å². The van der Waals surface area contributed by atoms with Crippen molar-refractivity contribution in [2.45, 2.75) is 18.6 Å². The Morgan fingerprint density at radius 3 is 2.69 bits per heavy atom. The van der Waals surface area contributed by atoms with Crippen molar-refractivity contribution in [3.63, 3.8) is 0 Å². The van der Waals surface area contributed by atoms with Gasteiger partial charge in [0.25, 0.3) is 0 Å². The molecule has 1 aromatic carbocycles. The molecule has 3 N–H and O–H groups in total. The molecule has 1 fully saturated rings. The van der Waals surface area contributed by atoms with Crippen LogP contribution in [0.25, 0.3) is 0 Å². The molecule has 1 heterocycles. The van der Waals surface area contributed by atoms with E-state index in [1.165, 1.54) is 6.07 Å². The molecule has 1 aliphatic rings. The van der Waals surface area contributed by atoms with E-state index in [-0.39, 0.29) is 18.3 Å². The van der Waals surface area contributed by atoms with Crippen molar-refractivity contribution in [1.82, 2.24) is 0 Å². The second-order valence-electron chi connectivity index (χ2n) is 4.47. The van der Waals surface area contributed by atoms with Gasteiger partial charge in [0.2, 0.25) is 0 Å². The highest BCUT2D eigenvalue weighted by Crippen LogP contribution is 2.33. The molecule has 88 valence electrons. The third-order valence-corrected chi connectivity index (χ3v) is 3.27. The molecule has 3 atom stereocenters. The Bertz CT molecular complexity index is 381. The molecule has 0 spiro atoms. The number of benzene rings is 1. The van der Waals surface area contributed by atoms with Crippen LogP contribution in [0.3, 0.4) is 0 Å². The molecule has 0 saturated carbocycles. The van der Waals surface area contributed by atoms with Crippen LogP contribution in [0.4, 0.5) is 4.39 Å². The molecule has 0 aliphatic carbocycles. The van der Waals surface area contributed by atoms with E-state index in [4.69, 9.17) is 10.5 Å². The normalized spacial score (nSPS) is 29.0. The van der Waals surface area contributed by atoms with Gasteiger partial charge in [-0.2, -0.15) is 0 Å². The summed E-state index contributed by atoms with van der Waals surface area (Å²) >= 11 is 0. The molecule has 0 radical (unpaired) electrons. The lowest BCUT2D eigenvalue weighted by molar-refractivity contribution is 0.0970. The summed E-state index contributed by atoms with van der Waals surface area (Å²) in [5.74, 6) is -0.615. The van der Waals surface area contributed by atoms with Gasteiger partial charge < -0.3 is 15.6 Å². The Morgan fingerprint density at radius 1 is 1.44 bits per heavy atom. The molecular formula is C12H16FNO2. The van der Waals surface area contributed by atoms with E-state index in [1.54, 1.807) is 25.1 Å². The van der Waals surface area contributed by atoms with Crippen LogP contribution in [0.15, 0.2) is 24.3 Å². The van der Waals surface area contributed by atoms with Gasteiger partial charge in [0.15, 0.2) is 0 Å². The average molecular weight is 225 g/mol. The fourth-order valence-electron chi connectivity index (χ4n) is 2.21. The van der Waals surface area contributed by atoms with Gasteiger partial charge in [-0.15, -0.1) is 0 Å². The molecule has 3 unspecified atom stereocenters. The first-order valence-electron chi connectivity index (χ1n) is 5.33. The van der Waals surface area contributed by atoms with Gasteiger partial charge in [0.1, 0.15) is 5.82 Å². The third-order valence-electron chi connectivity index (χ3n) is 3.27. The Kier molecular flexibility index (Phi) is 2.97. The molecule has 3 nitrogen and oxygen atoms in total. The molecular weight excluding hydrogens is 209 g/mol. The Labute approximate surface area is 94.0 Å². The smallest absolute Gasteiger partial charge is 0.128 e. The zero-order valence-electron chi connectivity index (χ0n) is 9.19.